The topological polar surface area (TPSA) is 214 Å². The van der Waals surface area contributed by atoms with Crippen molar-refractivity contribution in [1.29, 1.82) is 0 Å². The van der Waals surface area contributed by atoms with Crippen molar-refractivity contribution in [1.82, 2.24) is 4.90 Å². The molecule has 0 amide bonds. The van der Waals surface area contributed by atoms with E-state index >= 15 is 0 Å². The molecule has 2 unspecified atom stereocenters. The molecule has 4 rings (SSSR count). The van der Waals surface area contributed by atoms with Crippen LogP contribution in [0, 0.1) is 23.7 Å². The van der Waals surface area contributed by atoms with E-state index in [0.717, 1.165) is 25.0 Å². The number of likely N-dealkylation sites (N-methyl/N-ethyl adjacent to an activating group) is 1. The van der Waals surface area contributed by atoms with E-state index in [4.69, 9.17) is 42.7 Å². The van der Waals surface area contributed by atoms with Crippen LogP contribution in [0.15, 0.2) is 35.5 Å². The molecular formula is C53H90N2O15. The number of carbonyl (C=O) groups excluding carboxylic acids is 2. The third-order valence-corrected chi connectivity index (χ3v) is 14.9. The Bertz CT molecular complexity index is 1770. The zero-order valence-electron chi connectivity index (χ0n) is 44.7. The number of benzene rings is 1. The third-order valence-electron chi connectivity index (χ3n) is 14.9. The normalized spacial score (nSPS) is 39.8. The number of oxime groups is 1. The molecule has 3 aliphatic rings. The molecule has 17 heteroatoms. The molecule has 3 heterocycles. The molecule has 3 fully saturated rings. The van der Waals surface area contributed by atoms with Gasteiger partial charge >= 0.3 is 11.9 Å². The van der Waals surface area contributed by atoms with Crippen LogP contribution in [0.1, 0.15) is 140 Å². The van der Waals surface area contributed by atoms with Gasteiger partial charge in [-0.2, -0.15) is 0 Å². The molecule has 0 radical (unpaired) electrons. The molecule has 0 saturated carbocycles. The van der Waals surface area contributed by atoms with Crippen LogP contribution < -0.4 is 4.74 Å². The summed E-state index contributed by atoms with van der Waals surface area (Å²) in [5.74, 6) is -3.80. The molecule has 1 aromatic rings. The van der Waals surface area contributed by atoms with Gasteiger partial charge < -0.3 is 68.1 Å². The predicted molar refractivity (Wildman–Crippen MR) is 264 cm³/mol. The Labute approximate surface area is 418 Å². The fourth-order valence-electron chi connectivity index (χ4n) is 10.6. The molecule has 4 N–H and O–H groups in total. The molecule has 17 nitrogen and oxygen atoms in total. The average Bonchev–Trinajstić information content (AvgIpc) is 3.30. The number of methoxy groups -OCH3 is 1. The van der Waals surface area contributed by atoms with E-state index in [2.05, 4.69) is 12.1 Å². The van der Waals surface area contributed by atoms with Gasteiger partial charge in [-0.25, -0.2) is 0 Å². The first-order valence-corrected chi connectivity index (χ1v) is 25.8. The fraction of sp³-hybridized carbons (Fsp3) is 0.830. The van der Waals surface area contributed by atoms with Crippen LogP contribution in [0.25, 0.3) is 0 Å². The summed E-state index contributed by atoms with van der Waals surface area (Å²) < 4.78 is 50.7. The van der Waals surface area contributed by atoms with E-state index in [1.165, 1.54) is 14.0 Å². The minimum absolute atomic E-state index is 0.0248. The number of aliphatic hydroxyl groups excluding tert-OH is 2. The van der Waals surface area contributed by atoms with Crippen molar-refractivity contribution >= 4 is 17.7 Å². The zero-order chi connectivity index (χ0) is 52.1. The summed E-state index contributed by atoms with van der Waals surface area (Å²) in [6.07, 6.45) is -5.01. The largest absolute Gasteiger partial charge is 0.493 e. The van der Waals surface area contributed by atoms with E-state index in [1.54, 1.807) is 41.5 Å². The number of cyclic esters (lactones) is 1. The van der Waals surface area contributed by atoms with Crippen LogP contribution in [0.5, 0.6) is 5.75 Å². The molecule has 1 aromatic carbocycles. The number of hydrogen-bond acceptors (Lipinski definition) is 17. The fourth-order valence-corrected chi connectivity index (χ4v) is 10.6. The summed E-state index contributed by atoms with van der Waals surface area (Å²) in [5.41, 5.74) is -4.49. The molecule has 0 aliphatic carbocycles. The summed E-state index contributed by atoms with van der Waals surface area (Å²) in [5, 5.41) is 53.7. The lowest BCUT2D eigenvalue weighted by molar-refractivity contribution is -0.318. The number of hydrogen-bond donors (Lipinski definition) is 4. The Morgan fingerprint density at radius 2 is 1.56 bits per heavy atom. The highest BCUT2D eigenvalue weighted by Crippen LogP contribution is 2.42. The monoisotopic (exact) mass is 995 g/mol. The molecule has 0 spiro atoms. The number of para-hydroxylation sites is 1. The molecule has 18 atom stereocenters. The summed E-state index contributed by atoms with van der Waals surface area (Å²) in [6.45, 7) is 19.9. The second kappa shape index (κ2) is 26.8. The van der Waals surface area contributed by atoms with Crippen LogP contribution in [-0.2, 0) is 47.6 Å². The number of aliphatic hydroxyl groups is 4. The first-order chi connectivity index (χ1) is 32.9. The van der Waals surface area contributed by atoms with Crippen molar-refractivity contribution in [3.05, 3.63) is 30.3 Å². The Hall–Kier alpha value is -2.97. The Morgan fingerprint density at radius 3 is 2.19 bits per heavy atom. The average molecular weight is 995 g/mol. The Balaban J connectivity index is 1.77. The van der Waals surface area contributed by atoms with Crippen LogP contribution in [-0.4, -0.2) is 162 Å². The van der Waals surface area contributed by atoms with Gasteiger partial charge in [0.15, 0.2) is 18.7 Å². The van der Waals surface area contributed by atoms with E-state index in [1.807, 2.05) is 70.1 Å². The van der Waals surface area contributed by atoms with Gasteiger partial charge in [-0.1, -0.05) is 77.2 Å². The minimum atomic E-state index is -1.98. The van der Waals surface area contributed by atoms with Gasteiger partial charge in [0.05, 0.1) is 54.4 Å². The highest BCUT2D eigenvalue weighted by Gasteiger charge is 2.54. The van der Waals surface area contributed by atoms with E-state index in [-0.39, 0.29) is 50.4 Å². The van der Waals surface area contributed by atoms with Crippen molar-refractivity contribution < 1.29 is 72.7 Å². The number of esters is 2. The molecule has 0 aromatic heterocycles. The molecule has 3 aliphatic heterocycles. The van der Waals surface area contributed by atoms with Crippen molar-refractivity contribution in [3.63, 3.8) is 0 Å². The van der Waals surface area contributed by atoms with E-state index in [0.29, 0.717) is 31.6 Å². The number of ether oxygens (including phenoxy) is 8. The molecule has 3 saturated heterocycles. The summed E-state index contributed by atoms with van der Waals surface area (Å²) >= 11 is 0. The Kier molecular flexibility index (Phi) is 22.8. The minimum Gasteiger partial charge on any atom is -0.493 e. The number of carbonyl (C=O) groups is 2. The number of rotatable bonds is 19. The maximum atomic E-state index is 14.6. The van der Waals surface area contributed by atoms with Crippen LogP contribution in [0.4, 0.5) is 0 Å². The van der Waals surface area contributed by atoms with Gasteiger partial charge in [0.2, 0.25) is 0 Å². The van der Waals surface area contributed by atoms with E-state index in [9.17, 15) is 30.0 Å². The second-order valence-electron chi connectivity index (χ2n) is 21.2. The lowest BCUT2D eigenvalue weighted by Gasteiger charge is -2.49. The molecule has 402 valence electrons. The second-order valence-corrected chi connectivity index (χ2v) is 21.2. The third kappa shape index (κ3) is 15.5. The maximum Gasteiger partial charge on any atom is 0.311 e. The summed E-state index contributed by atoms with van der Waals surface area (Å²) in [6, 6.07) is 9.06. The van der Waals surface area contributed by atoms with Gasteiger partial charge in [-0.15, -0.1) is 0 Å². The van der Waals surface area contributed by atoms with E-state index < -0.39 is 102 Å². The maximum absolute atomic E-state index is 14.6. The standard InChI is InChI=1S/C53H90N2O15/c1-15-17-18-22-26-41(56)68-48-37(8)66-42(31-52(48,10)62-14)69-45-35(6)47(70-50-44(57)39(55(12)13)29-33(4)65-50)51(9,60)30-32(3)43(54-64-28-23-27-63-38-24-20-19-21-25-38)34(5)46(58)53(11,61)40(16-2)67-49(59)36(45)7/h19-21,24-25,32-37,39-40,42,44-48,50,57-58,60-61H,15-18,22-23,26-31H2,1-14H3/b54-43+/t32-,33-,34-,35+,36-,37+,39+,40+,42?,44-,45+,46-,47-,48+,50+,51?,52-,53-/m1/s1. The first-order valence-electron chi connectivity index (χ1n) is 25.8. The highest BCUT2D eigenvalue weighted by atomic mass is 16.7. The van der Waals surface area contributed by atoms with Crippen LogP contribution in [0.2, 0.25) is 0 Å². The molecule has 0 bridgehead atoms. The summed E-state index contributed by atoms with van der Waals surface area (Å²) in [7, 11) is 5.28. The first kappa shape index (κ1) is 59.6. The molecule has 70 heavy (non-hydrogen) atoms. The molecular weight excluding hydrogens is 905 g/mol. The quantitative estimate of drug-likeness (QED) is 0.0655. The predicted octanol–water partition coefficient (Wildman–Crippen LogP) is 6.58. The van der Waals surface area contributed by atoms with Gasteiger partial charge in [0.25, 0.3) is 0 Å². The van der Waals surface area contributed by atoms with Crippen molar-refractivity contribution in [2.24, 2.45) is 28.8 Å². The van der Waals surface area contributed by atoms with Gasteiger partial charge in [0, 0.05) is 50.2 Å². The lowest BCUT2D eigenvalue weighted by atomic mass is 9.73. The van der Waals surface area contributed by atoms with Crippen molar-refractivity contribution in [2.45, 2.75) is 225 Å². The van der Waals surface area contributed by atoms with Crippen molar-refractivity contribution in [2.75, 3.05) is 34.4 Å². The lowest BCUT2D eigenvalue weighted by Crippen LogP contribution is -2.61. The van der Waals surface area contributed by atoms with Crippen molar-refractivity contribution in [3.8, 4) is 5.75 Å². The van der Waals surface area contributed by atoms with Gasteiger partial charge in [0.1, 0.15) is 35.8 Å². The van der Waals surface area contributed by atoms with Gasteiger partial charge in [-0.05, 0) is 93.5 Å². The highest BCUT2D eigenvalue weighted by molar-refractivity contribution is 5.88. The number of unbranched alkanes of at least 4 members (excludes halogenated alkanes) is 3. The summed E-state index contributed by atoms with van der Waals surface area (Å²) in [4.78, 5) is 35.6. The SMILES string of the molecule is CCCCCCC(=O)O[C@H]1[C@H](C)OC(O[C@H]2[C@H](C)[C@@H](O[C@@H]3O[C@H](C)C[C@H](N(C)C)[C@H]3O)C(C)(O)C[C@@H](C)/C(=N\OCCCOc3ccccc3)[C@@H](C)[C@@H](O)[C@](C)(O)[C@H](CC)OC(=O)[C@@H]2C)C[C@@]1(C)OC. The number of nitrogens with zero attached hydrogens (tertiary/aromatic N) is 2. The smallest absolute Gasteiger partial charge is 0.311 e. The van der Waals surface area contributed by atoms with Crippen LogP contribution in [0.3, 0.4) is 0 Å². The Morgan fingerprint density at radius 1 is 0.871 bits per heavy atom. The van der Waals surface area contributed by atoms with Gasteiger partial charge in [-0.3, -0.25) is 9.59 Å². The zero-order valence-corrected chi connectivity index (χ0v) is 44.7. The van der Waals surface area contributed by atoms with Crippen LogP contribution >= 0.6 is 0 Å².